The van der Waals surface area contributed by atoms with Crippen molar-refractivity contribution < 1.29 is 4.79 Å². The Labute approximate surface area is 97.7 Å². The van der Waals surface area contributed by atoms with Crippen LogP contribution >= 0.6 is 23.6 Å². The molecule has 1 aromatic rings. The summed E-state index contributed by atoms with van der Waals surface area (Å²) in [5.74, 6) is 0.367. The number of hydrogen-bond acceptors (Lipinski definition) is 3. The number of hydrogen-bond donors (Lipinski definition) is 2. The second kappa shape index (κ2) is 4.28. The van der Waals surface area contributed by atoms with E-state index in [0.717, 1.165) is 12.8 Å². The van der Waals surface area contributed by atoms with Gasteiger partial charge in [-0.15, -0.1) is 0 Å². The first-order valence-corrected chi connectivity index (χ1v) is 6.16. The zero-order chi connectivity index (χ0) is 10.8. The summed E-state index contributed by atoms with van der Waals surface area (Å²) in [6.07, 6.45) is 2.21. The number of thiocarbonyl (C=S) groups is 1. The smallest absolute Gasteiger partial charge is 0.252 e. The Kier molecular flexibility index (Phi) is 3.02. The highest BCUT2D eigenvalue weighted by molar-refractivity contribution is 7.80. The van der Waals surface area contributed by atoms with E-state index in [-0.39, 0.29) is 11.9 Å². The molecular formula is C10H12N2OS2. The maximum Gasteiger partial charge on any atom is 0.252 e. The quantitative estimate of drug-likeness (QED) is 0.785. The van der Waals surface area contributed by atoms with E-state index in [1.807, 2.05) is 10.8 Å². The zero-order valence-corrected chi connectivity index (χ0v) is 9.74. The molecule has 0 spiro atoms. The number of rotatable bonds is 4. The molecule has 3 N–H and O–H groups in total. The van der Waals surface area contributed by atoms with Crippen molar-refractivity contribution >= 4 is 34.5 Å². The first-order valence-electron chi connectivity index (χ1n) is 4.81. The van der Waals surface area contributed by atoms with Gasteiger partial charge in [-0.25, -0.2) is 0 Å². The van der Waals surface area contributed by atoms with Crippen LogP contribution in [-0.4, -0.2) is 16.9 Å². The maximum absolute atomic E-state index is 11.7. The highest BCUT2D eigenvalue weighted by Gasteiger charge is 2.34. The standard InChI is InChI=1S/C10H12N2OS2/c11-9(14)8(6-1-2-6)12-10(13)7-3-4-15-5-7/h3-6,8H,1-2H2,(H2,11,14)(H,12,13). The summed E-state index contributed by atoms with van der Waals surface area (Å²) in [6, 6.07) is 1.66. The lowest BCUT2D eigenvalue weighted by Crippen LogP contribution is -2.44. The van der Waals surface area contributed by atoms with Crippen molar-refractivity contribution in [2.24, 2.45) is 11.7 Å². The molecule has 1 fully saturated rings. The van der Waals surface area contributed by atoms with Gasteiger partial charge in [0.05, 0.1) is 16.6 Å². The third kappa shape index (κ3) is 2.54. The topological polar surface area (TPSA) is 55.1 Å². The minimum atomic E-state index is -0.132. The molecule has 1 amide bonds. The van der Waals surface area contributed by atoms with Gasteiger partial charge in [-0.2, -0.15) is 11.3 Å². The van der Waals surface area contributed by atoms with E-state index >= 15 is 0 Å². The van der Waals surface area contributed by atoms with Gasteiger partial charge in [-0.3, -0.25) is 4.79 Å². The van der Waals surface area contributed by atoms with Crippen LogP contribution in [0.2, 0.25) is 0 Å². The van der Waals surface area contributed by atoms with E-state index in [9.17, 15) is 4.79 Å². The van der Waals surface area contributed by atoms with E-state index in [0.29, 0.717) is 16.5 Å². The highest BCUT2D eigenvalue weighted by Crippen LogP contribution is 2.32. The fourth-order valence-corrected chi connectivity index (χ4v) is 2.36. The Morgan fingerprint density at radius 3 is 2.87 bits per heavy atom. The fraction of sp³-hybridized carbons (Fsp3) is 0.400. The number of carbonyl (C=O) groups excluding carboxylic acids is 1. The molecule has 1 aliphatic rings. The number of thiophene rings is 1. The number of carbonyl (C=O) groups is 1. The summed E-state index contributed by atoms with van der Waals surface area (Å²) < 4.78 is 0. The normalized spacial score (nSPS) is 17.1. The largest absolute Gasteiger partial charge is 0.392 e. The second-order valence-electron chi connectivity index (χ2n) is 3.70. The molecule has 80 valence electrons. The molecule has 0 aliphatic heterocycles. The molecule has 2 rings (SSSR count). The number of amides is 1. The van der Waals surface area contributed by atoms with Crippen molar-refractivity contribution in [3.63, 3.8) is 0 Å². The molecule has 0 bridgehead atoms. The Balaban J connectivity index is 2.00. The van der Waals surface area contributed by atoms with Crippen molar-refractivity contribution in [2.45, 2.75) is 18.9 Å². The maximum atomic E-state index is 11.7. The van der Waals surface area contributed by atoms with Crippen LogP contribution in [0.25, 0.3) is 0 Å². The lowest BCUT2D eigenvalue weighted by molar-refractivity contribution is 0.0944. The SMILES string of the molecule is NC(=S)C(NC(=O)c1ccsc1)C1CC1. The van der Waals surface area contributed by atoms with Gasteiger partial charge in [0.15, 0.2) is 0 Å². The van der Waals surface area contributed by atoms with Crippen LogP contribution in [0.15, 0.2) is 16.8 Å². The number of nitrogens with one attached hydrogen (secondary N) is 1. The van der Waals surface area contributed by atoms with Gasteiger partial charge in [0.25, 0.3) is 5.91 Å². The van der Waals surface area contributed by atoms with E-state index in [1.165, 1.54) is 11.3 Å². The summed E-state index contributed by atoms with van der Waals surface area (Å²) >= 11 is 6.45. The molecule has 0 radical (unpaired) electrons. The van der Waals surface area contributed by atoms with Crippen LogP contribution in [0, 0.1) is 5.92 Å². The third-order valence-electron chi connectivity index (χ3n) is 2.47. The van der Waals surface area contributed by atoms with E-state index in [1.54, 1.807) is 6.07 Å². The monoisotopic (exact) mass is 240 g/mol. The van der Waals surface area contributed by atoms with Gasteiger partial charge in [-0.05, 0) is 30.2 Å². The van der Waals surface area contributed by atoms with Gasteiger partial charge in [-0.1, -0.05) is 12.2 Å². The van der Waals surface area contributed by atoms with Crippen LogP contribution in [-0.2, 0) is 0 Å². The van der Waals surface area contributed by atoms with Gasteiger partial charge < -0.3 is 11.1 Å². The van der Waals surface area contributed by atoms with Gasteiger partial charge in [0.1, 0.15) is 0 Å². The predicted molar refractivity (Wildman–Crippen MR) is 65.1 cm³/mol. The summed E-state index contributed by atoms with van der Waals surface area (Å²) in [4.78, 5) is 12.1. The van der Waals surface area contributed by atoms with Crippen LogP contribution in [0.3, 0.4) is 0 Å². The van der Waals surface area contributed by atoms with Crippen molar-refractivity contribution in [1.29, 1.82) is 0 Å². The van der Waals surface area contributed by atoms with Crippen LogP contribution in [0.4, 0.5) is 0 Å². The molecule has 1 aromatic heterocycles. The summed E-state index contributed by atoms with van der Waals surface area (Å²) in [7, 11) is 0. The molecule has 0 aromatic carbocycles. The molecule has 1 heterocycles. The molecule has 1 aliphatic carbocycles. The Morgan fingerprint density at radius 2 is 2.40 bits per heavy atom. The van der Waals surface area contributed by atoms with Crippen molar-refractivity contribution in [2.75, 3.05) is 0 Å². The minimum Gasteiger partial charge on any atom is -0.392 e. The zero-order valence-electron chi connectivity index (χ0n) is 8.10. The second-order valence-corrected chi connectivity index (χ2v) is 4.95. The Bertz CT molecular complexity index is 371. The lowest BCUT2D eigenvalue weighted by atomic mass is 10.1. The van der Waals surface area contributed by atoms with Crippen molar-refractivity contribution in [3.8, 4) is 0 Å². The molecule has 1 atom stereocenters. The van der Waals surface area contributed by atoms with E-state index < -0.39 is 0 Å². The third-order valence-corrected chi connectivity index (χ3v) is 3.41. The lowest BCUT2D eigenvalue weighted by Gasteiger charge is -2.15. The first kappa shape index (κ1) is 10.6. The van der Waals surface area contributed by atoms with Crippen molar-refractivity contribution in [1.82, 2.24) is 5.32 Å². The van der Waals surface area contributed by atoms with Crippen molar-refractivity contribution in [3.05, 3.63) is 22.4 Å². The predicted octanol–water partition coefficient (Wildman–Crippen LogP) is 1.54. The van der Waals surface area contributed by atoms with Gasteiger partial charge >= 0.3 is 0 Å². The Hall–Kier alpha value is -0.940. The molecule has 0 saturated heterocycles. The van der Waals surface area contributed by atoms with Crippen LogP contribution in [0.1, 0.15) is 23.2 Å². The van der Waals surface area contributed by atoms with E-state index in [4.69, 9.17) is 18.0 Å². The molecule has 15 heavy (non-hydrogen) atoms. The van der Waals surface area contributed by atoms with Gasteiger partial charge in [0, 0.05) is 5.38 Å². The molecule has 5 heteroatoms. The van der Waals surface area contributed by atoms with Gasteiger partial charge in [0.2, 0.25) is 0 Å². The first-order chi connectivity index (χ1) is 7.18. The summed E-state index contributed by atoms with van der Waals surface area (Å²) in [5.41, 5.74) is 6.28. The summed E-state index contributed by atoms with van der Waals surface area (Å²) in [6.45, 7) is 0. The summed E-state index contributed by atoms with van der Waals surface area (Å²) in [5, 5.41) is 6.58. The highest BCUT2D eigenvalue weighted by atomic mass is 32.1. The van der Waals surface area contributed by atoms with Crippen LogP contribution in [0.5, 0.6) is 0 Å². The average Bonchev–Trinajstić information content (AvgIpc) is 2.87. The van der Waals surface area contributed by atoms with Crippen LogP contribution < -0.4 is 11.1 Å². The molecule has 1 saturated carbocycles. The molecule has 3 nitrogen and oxygen atoms in total. The minimum absolute atomic E-state index is 0.0825. The van der Waals surface area contributed by atoms with E-state index in [2.05, 4.69) is 5.32 Å². The molecular weight excluding hydrogens is 228 g/mol. The average molecular weight is 240 g/mol. The Morgan fingerprint density at radius 1 is 1.67 bits per heavy atom. The molecule has 1 unspecified atom stereocenters. The number of nitrogens with two attached hydrogens (primary N) is 1. The fourth-order valence-electron chi connectivity index (χ4n) is 1.47.